The molecule has 2 unspecified atom stereocenters. The van der Waals surface area contributed by atoms with Gasteiger partial charge in [0.05, 0.1) is 22.7 Å². The van der Waals surface area contributed by atoms with Crippen molar-refractivity contribution in [3.63, 3.8) is 0 Å². The maximum absolute atomic E-state index is 13.0. The number of nitrogens with one attached hydrogen (secondary N) is 2. The van der Waals surface area contributed by atoms with Gasteiger partial charge in [-0.2, -0.15) is 0 Å². The Morgan fingerprint density at radius 1 is 1.35 bits per heavy atom. The van der Waals surface area contributed by atoms with Gasteiger partial charge in [0.2, 0.25) is 0 Å². The van der Waals surface area contributed by atoms with Crippen molar-refractivity contribution < 1.29 is 19.1 Å². The largest absolute Gasteiger partial charge is 0.481 e. The van der Waals surface area contributed by atoms with Crippen molar-refractivity contribution in [2.45, 2.75) is 12.5 Å². The Morgan fingerprint density at radius 3 is 2.75 bits per heavy atom. The van der Waals surface area contributed by atoms with E-state index in [1.807, 2.05) is 0 Å². The average molecular weight is 299 g/mol. The molecule has 2 rings (SSSR count). The fourth-order valence-electron chi connectivity index (χ4n) is 1.91. The highest BCUT2D eigenvalue weighted by atomic mass is 35.5. The van der Waals surface area contributed by atoms with Crippen LogP contribution >= 0.6 is 11.6 Å². The quantitative estimate of drug-likeness (QED) is 0.751. The Morgan fingerprint density at radius 2 is 2.10 bits per heavy atom. The van der Waals surface area contributed by atoms with Crippen molar-refractivity contribution in [3.05, 3.63) is 41.2 Å². The van der Waals surface area contributed by atoms with Crippen LogP contribution in [0.4, 0.5) is 14.9 Å². The summed E-state index contributed by atoms with van der Waals surface area (Å²) in [6.45, 7) is 0. The van der Waals surface area contributed by atoms with Crippen LogP contribution in [0.2, 0.25) is 5.02 Å². The number of urea groups is 1. The Balaban J connectivity index is 1.92. The molecule has 0 fully saturated rings. The van der Waals surface area contributed by atoms with Crippen LogP contribution in [0, 0.1) is 11.7 Å². The van der Waals surface area contributed by atoms with Crippen LogP contribution in [0.3, 0.4) is 0 Å². The van der Waals surface area contributed by atoms with Gasteiger partial charge in [-0.15, -0.1) is 0 Å². The summed E-state index contributed by atoms with van der Waals surface area (Å²) < 4.78 is 13.0. The van der Waals surface area contributed by atoms with Gasteiger partial charge in [0, 0.05) is 0 Å². The average Bonchev–Trinajstić information content (AvgIpc) is 2.82. The molecule has 2 amide bonds. The molecule has 1 aliphatic rings. The van der Waals surface area contributed by atoms with Crippen molar-refractivity contribution in [1.82, 2.24) is 5.32 Å². The first-order chi connectivity index (χ1) is 9.45. The number of anilines is 1. The molecule has 106 valence electrons. The summed E-state index contributed by atoms with van der Waals surface area (Å²) in [5.41, 5.74) is 0.154. The number of rotatable bonds is 3. The van der Waals surface area contributed by atoms with Crippen molar-refractivity contribution >= 4 is 29.3 Å². The number of hydrogen-bond donors (Lipinski definition) is 3. The molecule has 1 aromatic rings. The molecule has 0 aliphatic heterocycles. The van der Waals surface area contributed by atoms with Crippen molar-refractivity contribution in [3.8, 4) is 0 Å². The lowest BCUT2D eigenvalue weighted by Crippen LogP contribution is -2.36. The number of carboxylic acids is 1. The molecule has 0 saturated carbocycles. The van der Waals surface area contributed by atoms with Gasteiger partial charge in [-0.3, -0.25) is 4.79 Å². The number of amides is 2. The third kappa shape index (κ3) is 3.48. The fourth-order valence-corrected chi connectivity index (χ4v) is 2.07. The van der Waals surface area contributed by atoms with Gasteiger partial charge in [0.25, 0.3) is 0 Å². The molecule has 0 saturated heterocycles. The van der Waals surface area contributed by atoms with Crippen molar-refractivity contribution in [2.75, 3.05) is 5.32 Å². The third-order valence-electron chi connectivity index (χ3n) is 2.89. The summed E-state index contributed by atoms with van der Waals surface area (Å²) in [6.07, 6.45) is 3.44. The van der Waals surface area contributed by atoms with Crippen LogP contribution in [0.15, 0.2) is 30.4 Å². The summed E-state index contributed by atoms with van der Waals surface area (Å²) >= 11 is 5.82. The number of carboxylic acid groups (broad SMARTS) is 1. The van der Waals surface area contributed by atoms with Gasteiger partial charge >= 0.3 is 12.0 Å². The number of carbonyl (C=O) groups excluding carboxylic acids is 1. The Kier molecular flexibility index (Phi) is 4.24. The summed E-state index contributed by atoms with van der Waals surface area (Å²) in [6, 6.07) is 2.68. The standard InChI is InChI=1S/C13H12ClFN2O3/c14-10-4-2-8(15)6-11(10)17-13(20)16-9-3-1-7(5-9)12(18)19/h1-4,6-7,9H,5H2,(H,18,19)(H2,16,17,20). The SMILES string of the molecule is O=C(Nc1cc(F)ccc1Cl)NC1C=CC(C(=O)O)C1. The minimum atomic E-state index is -0.931. The van der Waals surface area contributed by atoms with Crippen molar-refractivity contribution in [2.24, 2.45) is 5.92 Å². The van der Waals surface area contributed by atoms with E-state index in [9.17, 15) is 14.0 Å². The summed E-state index contributed by atoms with van der Waals surface area (Å²) in [5.74, 6) is -2.05. The van der Waals surface area contributed by atoms with Crippen LogP contribution in [-0.4, -0.2) is 23.1 Å². The van der Waals surface area contributed by atoms with Crippen LogP contribution in [0.25, 0.3) is 0 Å². The van der Waals surface area contributed by atoms with Crippen LogP contribution in [0.1, 0.15) is 6.42 Å². The molecule has 0 radical (unpaired) electrons. The molecular formula is C13H12ClFN2O3. The van der Waals surface area contributed by atoms with Crippen LogP contribution < -0.4 is 10.6 Å². The third-order valence-corrected chi connectivity index (χ3v) is 3.22. The van der Waals surface area contributed by atoms with Crippen LogP contribution in [0.5, 0.6) is 0 Å². The first-order valence-corrected chi connectivity index (χ1v) is 6.27. The van der Waals surface area contributed by atoms with Gasteiger partial charge in [0.1, 0.15) is 5.82 Å². The predicted octanol–water partition coefficient (Wildman–Crippen LogP) is 2.63. The van der Waals surface area contributed by atoms with E-state index in [2.05, 4.69) is 10.6 Å². The van der Waals surface area contributed by atoms with E-state index in [-0.39, 0.29) is 16.8 Å². The van der Waals surface area contributed by atoms with Gasteiger partial charge < -0.3 is 15.7 Å². The number of aliphatic carboxylic acids is 1. The normalized spacial score (nSPS) is 20.7. The molecule has 2 atom stereocenters. The molecule has 1 aromatic carbocycles. The van der Waals surface area contributed by atoms with E-state index >= 15 is 0 Å². The highest BCUT2D eigenvalue weighted by Crippen LogP contribution is 2.23. The molecule has 0 spiro atoms. The lowest BCUT2D eigenvalue weighted by molar-refractivity contribution is -0.140. The second-order valence-electron chi connectivity index (χ2n) is 4.39. The lowest BCUT2D eigenvalue weighted by atomic mass is 10.1. The van der Waals surface area contributed by atoms with Crippen molar-refractivity contribution in [1.29, 1.82) is 0 Å². The minimum absolute atomic E-state index is 0.154. The first kappa shape index (κ1) is 14.3. The highest BCUT2D eigenvalue weighted by Gasteiger charge is 2.25. The van der Waals surface area contributed by atoms with Gasteiger partial charge in [-0.05, 0) is 24.6 Å². The molecule has 0 heterocycles. The summed E-state index contributed by atoms with van der Waals surface area (Å²) in [4.78, 5) is 22.5. The maximum atomic E-state index is 13.0. The second-order valence-corrected chi connectivity index (χ2v) is 4.80. The molecule has 1 aliphatic carbocycles. The number of benzene rings is 1. The Hall–Kier alpha value is -2.08. The molecule has 0 bridgehead atoms. The Bertz CT molecular complexity index is 577. The molecule has 20 heavy (non-hydrogen) atoms. The van der Waals surface area contributed by atoms with E-state index in [1.54, 1.807) is 6.08 Å². The molecule has 3 N–H and O–H groups in total. The summed E-state index contributed by atoms with van der Waals surface area (Å²) in [7, 11) is 0. The van der Waals surface area contributed by atoms with E-state index in [0.717, 1.165) is 6.07 Å². The minimum Gasteiger partial charge on any atom is -0.481 e. The number of halogens is 2. The maximum Gasteiger partial charge on any atom is 0.319 e. The summed E-state index contributed by atoms with van der Waals surface area (Å²) in [5, 5.41) is 14.0. The molecule has 0 aromatic heterocycles. The van der Waals surface area contributed by atoms with Crippen LogP contribution in [-0.2, 0) is 4.79 Å². The van der Waals surface area contributed by atoms with E-state index in [4.69, 9.17) is 16.7 Å². The smallest absolute Gasteiger partial charge is 0.319 e. The number of carbonyl (C=O) groups is 2. The van der Waals surface area contributed by atoms with E-state index < -0.39 is 23.7 Å². The fraction of sp³-hybridized carbons (Fsp3) is 0.231. The zero-order valence-electron chi connectivity index (χ0n) is 10.3. The second kappa shape index (κ2) is 5.92. The molecular weight excluding hydrogens is 287 g/mol. The van der Waals surface area contributed by atoms with Gasteiger partial charge in [0.15, 0.2) is 0 Å². The Labute approximate surface area is 119 Å². The predicted molar refractivity (Wildman–Crippen MR) is 72.2 cm³/mol. The van der Waals surface area contributed by atoms with Gasteiger partial charge in [-0.1, -0.05) is 23.8 Å². The zero-order valence-corrected chi connectivity index (χ0v) is 11.0. The topological polar surface area (TPSA) is 78.4 Å². The van der Waals surface area contributed by atoms with E-state index in [1.165, 1.54) is 18.2 Å². The highest BCUT2D eigenvalue weighted by molar-refractivity contribution is 6.33. The van der Waals surface area contributed by atoms with E-state index in [0.29, 0.717) is 6.42 Å². The first-order valence-electron chi connectivity index (χ1n) is 5.89. The van der Waals surface area contributed by atoms with Gasteiger partial charge in [-0.25, -0.2) is 9.18 Å². The number of hydrogen-bond acceptors (Lipinski definition) is 2. The zero-order chi connectivity index (χ0) is 14.7. The molecule has 5 nitrogen and oxygen atoms in total. The monoisotopic (exact) mass is 298 g/mol. The lowest BCUT2D eigenvalue weighted by Gasteiger charge is -2.13. The molecule has 7 heteroatoms.